The van der Waals surface area contributed by atoms with Crippen molar-refractivity contribution in [3.63, 3.8) is 0 Å². The lowest BCUT2D eigenvalue weighted by molar-refractivity contribution is 0.311. The van der Waals surface area contributed by atoms with Gasteiger partial charge in [0.25, 0.3) is 0 Å². The molecule has 0 saturated carbocycles. The van der Waals surface area contributed by atoms with Gasteiger partial charge in [-0.15, -0.1) is 0 Å². The molecular weight excluding hydrogens is 222 g/mol. The summed E-state index contributed by atoms with van der Waals surface area (Å²) in [7, 11) is 1.97. The van der Waals surface area contributed by atoms with Gasteiger partial charge in [-0.25, -0.2) is 8.78 Å². The zero-order valence-electron chi connectivity index (χ0n) is 10.2. The van der Waals surface area contributed by atoms with Crippen LogP contribution in [-0.4, -0.2) is 25.0 Å². The van der Waals surface area contributed by atoms with E-state index in [0.29, 0.717) is 18.0 Å². The molecule has 0 bridgehead atoms. The van der Waals surface area contributed by atoms with Gasteiger partial charge in [-0.2, -0.15) is 0 Å². The lowest BCUT2D eigenvalue weighted by Crippen LogP contribution is -2.21. The molecule has 0 aliphatic carbocycles. The van der Waals surface area contributed by atoms with E-state index in [9.17, 15) is 8.78 Å². The van der Waals surface area contributed by atoms with Crippen molar-refractivity contribution in [3.05, 3.63) is 34.9 Å². The molecule has 1 aliphatic rings. The normalized spacial score (nSPS) is 25.5. The van der Waals surface area contributed by atoms with E-state index >= 15 is 0 Å². The molecule has 1 fully saturated rings. The van der Waals surface area contributed by atoms with Crippen LogP contribution in [0.1, 0.15) is 23.6 Å². The molecule has 2 N–H and O–H groups in total. The van der Waals surface area contributed by atoms with E-state index in [1.807, 2.05) is 7.05 Å². The summed E-state index contributed by atoms with van der Waals surface area (Å²) in [5.41, 5.74) is 6.95. The highest BCUT2D eigenvalue weighted by Gasteiger charge is 2.31. The average Bonchev–Trinajstić information content (AvgIpc) is 2.65. The lowest BCUT2D eigenvalue weighted by atomic mass is 9.96. The van der Waals surface area contributed by atoms with Crippen LogP contribution in [0.3, 0.4) is 0 Å². The van der Waals surface area contributed by atoms with Crippen molar-refractivity contribution in [2.24, 2.45) is 11.7 Å². The van der Waals surface area contributed by atoms with Crippen molar-refractivity contribution in [2.45, 2.75) is 19.4 Å². The maximum Gasteiger partial charge on any atom is 0.129 e. The minimum absolute atomic E-state index is 0.0775. The Morgan fingerprint density at radius 1 is 1.41 bits per heavy atom. The van der Waals surface area contributed by atoms with Crippen molar-refractivity contribution < 1.29 is 8.78 Å². The summed E-state index contributed by atoms with van der Waals surface area (Å²) in [5, 5.41) is 0. The first-order chi connectivity index (χ1) is 8.02. The Morgan fingerprint density at radius 3 is 2.71 bits per heavy atom. The number of hydrogen-bond acceptors (Lipinski definition) is 2. The molecule has 1 aromatic rings. The largest absolute Gasteiger partial charge is 0.330 e. The third kappa shape index (κ3) is 2.33. The molecule has 2 atom stereocenters. The number of hydrogen-bond donors (Lipinski definition) is 1. The van der Waals surface area contributed by atoms with E-state index < -0.39 is 11.6 Å². The highest BCUT2D eigenvalue weighted by Crippen LogP contribution is 2.36. The Hall–Kier alpha value is -1.00. The second kappa shape index (κ2) is 4.70. The van der Waals surface area contributed by atoms with Crippen LogP contribution in [-0.2, 0) is 0 Å². The van der Waals surface area contributed by atoms with Gasteiger partial charge in [-0.3, -0.25) is 4.90 Å². The Bertz CT molecular complexity index is 420. The molecule has 0 radical (unpaired) electrons. The molecule has 1 aromatic carbocycles. The molecule has 0 spiro atoms. The van der Waals surface area contributed by atoms with Crippen molar-refractivity contribution in [1.29, 1.82) is 0 Å². The van der Waals surface area contributed by atoms with Crippen LogP contribution in [0.5, 0.6) is 0 Å². The number of benzene rings is 1. The van der Waals surface area contributed by atoms with Crippen molar-refractivity contribution in [1.82, 2.24) is 4.90 Å². The van der Waals surface area contributed by atoms with Crippen molar-refractivity contribution in [2.75, 3.05) is 20.1 Å². The zero-order chi connectivity index (χ0) is 12.6. The summed E-state index contributed by atoms with van der Waals surface area (Å²) >= 11 is 0. The van der Waals surface area contributed by atoms with Gasteiger partial charge in [0.15, 0.2) is 0 Å². The van der Waals surface area contributed by atoms with Crippen molar-refractivity contribution in [3.8, 4) is 0 Å². The summed E-state index contributed by atoms with van der Waals surface area (Å²) in [6.07, 6.45) is 0.872. The average molecular weight is 240 g/mol. The summed E-state index contributed by atoms with van der Waals surface area (Å²) in [6.45, 7) is 3.21. The fourth-order valence-electron chi connectivity index (χ4n) is 2.65. The second-order valence-corrected chi connectivity index (χ2v) is 4.89. The fourth-order valence-corrected chi connectivity index (χ4v) is 2.65. The Morgan fingerprint density at radius 2 is 2.12 bits per heavy atom. The molecule has 4 heteroatoms. The first-order valence-electron chi connectivity index (χ1n) is 5.88. The van der Waals surface area contributed by atoms with Crippen LogP contribution in [0.15, 0.2) is 12.1 Å². The number of halogens is 2. The molecule has 1 aliphatic heterocycles. The van der Waals surface area contributed by atoms with Crippen LogP contribution in [0.2, 0.25) is 0 Å². The predicted octanol–water partition coefficient (Wildman–Crippen LogP) is 2.22. The van der Waals surface area contributed by atoms with Gasteiger partial charge >= 0.3 is 0 Å². The molecule has 17 heavy (non-hydrogen) atoms. The first kappa shape index (κ1) is 12.5. The van der Waals surface area contributed by atoms with E-state index in [0.717, 1.165) is 24.6 Å². The van der Waals surface area contributed by atoms with Gasteiger partial charge in [0.1, 0.15) is 11.6 Å². The van der Waals surface area contributed by atoms with E-state index in [-0.39, 0.29) is 6.04 Å². The molecule has 1 heterocycles. The number of nitrogens with zero attached hydrogens (tertiary/aromatic N) is 1. The third-order valence-corrected chi connectivity index (χ3v) is 3.68. The van der Waals surface area contributed by atoms with Gasteiger partial charge in [0, 0.05) is 18.7 Å². The molecule has 2 nitrogen and oxygen atoms in total. The zero-order valence-corrected chi connectivity index (χ0v) is 10.2. The van der Waals surface area contributed by atoms with Gasteiger partial charge in [-0.05, 0) is 50.0 Å². The van der Waals surface area contributed by atoms with Gasteiger partial charge in [0.2, 0.25) is 0 Å². The number of nitrogens with two attached hydrogens (primary N) is 1. The Labute approximate surface area is 100 Å². The van der Waals surface area contributed by atoms with E-state index in [2.05, 4.69) is 4.90 Å². The Balaban J connectivity index is 2.34. The maximum atomic E-state index is 13.5. The molecule has 0 aromatic heterocycles. The van der Waals surface area contributed by atoms with E-state index in [1.54, 1.807) is 6.92 Å². The topological polar surface area (TPSA) is 29.3 Å². The SMILES string of the molecule is Cc1c(F)cc(F)cc1C1CC(CN)CN1C. The van der Waals surface area contributed by atoms with E-state index in [4.69, 9.17) is 5.73 Å². The molecule has 0 amide bonds. The van der Waals surface area contributed by atoms with Crippen molar-refractivity contribution >= 4 is 0 Å². The first-order valence-corrected chi connectivity index (χ1v) is 5.88. The smallest absolute Gasteiger partial charge is 0.129 e. The van der Waals surface area contributed by atoms with Crippen LogP contribution in [0.4, 0.5) is 8.78 Å². The standard InChI is InChI=1S/C13H18F2N2/c1-8-11(4-10(14)5-12(8)15)13-3-9(6-16)7-17(13)2/h4-5,9,13H,3,6-7,16H2,1-2H3. The molecule has 2 rings (SSSR count). The summed E-state index contributed by atoms with van der Waals surface area (Å²) < 4.78 is 26.8. The highest BCUT2D eigenvalue weighted by molar-refractivity contribution is 5.31. The molecule has 2 unspecified atom stereocenters. The van der Waals surface area contributed by atoms with Gasteiger partial charge in [-0.1, -0.05) is 0 Å². The predicted molar refractivity (Wildman–Crippen MR) is 63.6 cm³/mol. The number of likely N-dealkylation sites (tertiary alicyclic amines) is 1. The maximum absolute atomic E-state index is 13.5. The van der Waals surface area contributed by atoms with Crippen LogP contribution in [0.25, 0.3) is 0 Å². The molecule has 94 valence electrons. The van der Waals surface area contributed by atoms with Crippen LogP contribution < -0.4 is 5.73 Å². The molecular formula is C13H18F2N2. The molecule has 1 saturated heterocycles. The second-order valence-electron chi connectivity index (χ2n) is 4.89. The van der Waals surface area contributed by atoms with Gasteiger partial charge in [0.05, 0.1) is 0 Å². The fraction of sp³-hybridized carbons (Fsp3) is 0.538. The third-order valence-electron chi connectivity index (χ3n) is 3.68. The lowest BCUT2D eigenvalue weighted by Gasteiger charge is -2.21. The summed E-state index contributed by atoms with van der Waals surface area (Å²) in [4.78, 5) is 2.12. The minimum Gasteiger partial charge on any atom is -0.330 e. The van der Waals surface area contributed by atoms with Crippen LogP contribution >= 0.6 is 0 Å². The quantitative estimate of drug-likeness (QED) is 0.859. The minimum atomic E-state index is -0.507. The van der Waals surface area contributed by atoms with Crippen LogP contribution in [0, 0.1) is 24.5 Å². The summed E-state index contributed by atoms with van der Waals surface area (Å²) in [6, 6.07) is 2.46. The summed E-state index contributed by atoms with van der Waals surface area (Å²) in [5.74, 6) is -0.562. The number of rotatable bonds is 2. The monoisotopic (exact) mass is 240 g/mol. The van der Waals surface area contributed by atoms with E-state index in [1.165, 1.54) is 6.07 Å². The highest BCUT2D eigenvalue weighted by atomic mass is 19.1. The Kier molecular flexibility index (Phi) is 3.45. The van der Waals surface area contributed by atoms with Gasteiger partial charge < -0.3 is 5.73 Å².